The lowest BCUT2D eigenvalue weighted by Crippen LogP contribution is -2.28. The second-order valence-corrected chi connectivity index (χ2v) is 9.16. The molecule has 2 aromatic heterocycles. The zero-order valence-corrected chi connectivity index (χ0v) is 19.2. The second kappa shape index (κ2) is 9.11. The quantitative estimate of drug-likeness (QED) is 0.426. The molecule has 2 aromatic carbocycles. The van der Waals surface area contributed by atoms with Crippen molar-refractivity contribution in [2.24, 2.45) is 0 Å². The summed E-state index contributed by atoms with van der Waals surface area (Å²) < 4.78 is 6.97. The molecule has 1 aliphatic rings. The van der Waals surface area contributed by atoms with Gasteiger partial charge in [-0.25, -0.2) is 4.98 Å². The van der Waals surface area contributed by atoms with Crippen molar-refractivity contribution in [2.75, 3.05) is 12.4 Å². The second-order valence-electron chi connectivity index (χ2n) is 8.11. The summed E-state index contributed by atoms with van der Waals surface area (Å²) in [5, 5.41) is 5.68. The molecular weight excluding hydrogens is 452 g/mol. The number of thiophene rings is 1. The van der Waals surface area contributed by atoms with Crippen molar-refractivity contribution in [1.29, 1.82) is 0 Å². The fourth-order valence-electron chi connectivity index (χ4n) is 3.55. The van der Waals surface area contributed by atoms with Crippen LogP contribution in [0.3, 0.4) is 0 Å². The Balaban J connectivity index is 1.31. The molecule has 8 nitrogen and oxygen atoms in total. The van der Waals surface area contributed by atoms with Gasteiger partial charge in [0, 0.05) is 22.2 Å². The number of nitrogens with zero attached hydrogens (tertiary/aromatic N) is 2. The van der Waals surface area contributed by atoms with Gasteiger partial charge in [-0.2, -0.15) is 0 Å². The number of fused-ring (bicyclic) bond motifs is 1. The molecule has 0 unspecified atom stereocenters. The minimum Gasteiger partial charge on any atom is -0.497 e. The molecule has 1 fully saturated rings. The maximum Gasteiger partial charge on any atom is 0.271 e. The SMILES string of the molecule is COc1ccc(-c2cc3ncn(CC(=O)Nc4cccc(C(=O)NC5CC5)c4)c(=O)c3s2)cc1. The molecular formula is C25H22N4O4S. The highest BCUT2D eigenvalue weighted by Gasteiger charge is 2.23. The van der Waals surface area contributed by atoms with Gasteiger partial charge < -0.3 is 15.4 Å². The van der Waals surface area contributed by atoms with Crippen molar-refractivity contribution in [3.63, 3.8) is 0 Å². The molecule has 0 atom stereocenters. The summed E-state index contributed by atoms with van der Waals surface area (Å²) in [6, 6.07) is 16.4. The first-order valence-corrected chi connectivity index (χ1v) is 11.7. The number of hydrogen-bond donors (Lipinski definition) is 2. The zero-order chi connectivity index (χ0) is 23.7. The number of aromatic nitrogens is 2. The van der Waals surface area contributed by atoms with Crippen LogP contribution >= 0.6 is 11.3 Å². The molecule has 172 valence electrons. The first-order valence-electron chi connectivity index (χ1n) is 10.8. The van der Waals surface area contributed by atoms with Gasteiger partial charge in [0.2, 0.25) is 5.91 Å². The molecule has 2 N–H and O–H groups in total. The fourth-order valence-corrected chi connectivity index (χ4v) is 4.61. The van der Waals surface area contributed by atoms with Crippen LogP contribution < -0.4 is 20.9 Å². The Morgan fingerprint density at radius 1 is 1.15 bits per heavy atom. The molecule has 4 aromatic rings. The van der Waals surface area contributed by atoms with Crippen LogP contribution in [0.15, 0.2) is 65.7 Å². The number of nitrogens with one attached hydrogen (secondary N) is 2. The third kappa shape index (κ3) is 4.69. The van der Waals surface area contributed by atoms with Crippen LogP contribution in [-0.4, -0.2) is 34.5 Å². The molecule has 9 heteroatoms. The van der Waals surface area contributed by atoms with Crippen molar-refractivity contribution < 1.29 is 14.3 Å². The lowest BCUT2D eigenvalue weighted by atomic mass is 10.2. The van der Waals surface area contributed by atoms with E-state index in [1.165, 1.54) is 22.2 Å². The summed E-state index contributed by atoms with van der Waals surface area (Å²) >= 11 is 1.34. The first-order chi connectivity index (χ1) is 16.5. The van der Waals surface area contributed by atoms with E-state index in [-0.39, 0.29) is 30.0 Å². The maximum absolute atomic E-state index is 13.0. The van der Waals surface area contributed by atoms with E-state index < -0.39 is 0 Å². The van der Waals surface area contributed by atoms with Gasteiger partial charge in [0.15, 0.2) is 0 Å². The van der Waals surface area contributed by atoms with E-state index in [1.807, 2.05) is 30.3 Å². The largest absolute Gasteiger partial charge is 0.497 e. The van der Waals surface area contributed by atoms with Crippen molar-refractivity contribution >= 4 is 39.1 Å². The Bertz CT molecular complexity index is 1440. The van der Waals surface area contributed by atoms with Crippen LogP contribution in [0.4, 0.5) is 5.69 Å². The van der Waals surface area contributed by atoms with E-state index >= 15 is 0 Å². The molecule has 2 amide bonds. The Labute approximate surface area is 199 Å². The topological polar surface area (TPSA) is 102 Å². The van der Waals surface area contributed by atoms with Crippen LogP contribution in [0.5, 0.6) is 5.75 Å². The van der Waals surface area contributed by atoms with Crippen LogP contribution in [0.25, 0.3) is 20.7 Å². The predicted octanol–water partition coefficient (Wildman–Crippen LogP) is 3.66. The number of benzene rings is 2. The van der Waals surface area contributed by atoms with Crippen LogP contribution in [0, 0.1) is 0 Å². The Morgan fingerprint density at radius 2 is 1.94 bits per heavy atom. The van der Waals surface area contributed by atoms with Gasteiger partial charge in [-0.15, -0.1) is 11.3 Å². The lowest BCUT2D eigenvalue weighted by Gasteiger charge is -2.09. The van der Waals surface area contributed by atoms with Crippen LogP contribution in [-0.2, 0) is 11.3 Å². The van der Waals surface area contributed by atoms with Gasteiger partial charge in [-0.05, 0) is 66.9 Å². The number of methoxy groups -OCH3 is 1. The molecule has 1 saturated carbocycles. The molecule has 34 heavy (non-hydrogen) atoms. The van der Waals surface area contributed by atoms with Gasteiger partial charge in [0.1, 0.15) is 17.0 Å². The van der Waals surface area contributed by atoms with E-state index in [2.05, 4.69) is 15.6 Å². The average molecular weight is 475 g/mol. The number of carbonyl (C=O) groups excluding carboxylic acids is 2. The molecule has 2 heterocycles. The Morgan fingerprint density at radius 3 is 2.68 bits per heavy atom. The smallest absolute Gasteiger partial charge is 0.271 e. The molecule has 0 spiro atoms. The molecule has 0 aliphatic heterocycles. The number of ether oxygens (including phenoxy) is 1. The minimum atomic E-state index is -0.380. The van der Waals surface area contributed by atoms with Gasteiger partial charge >= 0.3 is 0 Å². The molecule has 0 radical (unpaired) electrons. The highest BCUT2D eigenvalue weighted by Crippen LogP contribution is 2.31. The summed E-state index contributed by atoms with van der Waals surface area (Å²) in [7, 11) is 1.61. The summed E-state index contributed by atoms with van der Waals surface area (Å²) in [5.74, 6) is 0.218. The zero-order valence-electron chi connectivity index (χ0n) is 18.4. The Hall–Kier alpha value is -3.98. The minimum absolute atomic E-state index is 0.158. The number of rotatable bonds is 7. The Kier molecular flexibility index (Phi) is 5.85. The summed E-state index contributed by atoms with van der Waals surface area (Å²) in [6.07, 6.45) is 3.39. The number of amides is 2. The van der Waals surface area contributed by atoms with E-state index in [0.717, 1.165) is 29.0 Å². The molecule has 5 rings (SSSR count). The van der Waals surface area contributed by atoms with Crippen LogP contribution in [0.2, 0.25) is 0 Å². The number of anilines is 1. The van der Waals surface area contributed by atoms with Crippen molar-refractivity contribution in [2.45, 2.75) is 25.4 Å². The van der Waals surface area contributed by atoms with E-state index in [0.29, 0.717) is 21.5 Å². The summed E-state index contributed by atoms with van der Waals surface area (Å²) in [4.78, 5) is 43.1. The van der Waals surface area contributed by atoms with Gasteiger partial charge in [-0.3, -0.25) is 19.0 Å². The molecule has 1 aliphatic carbocycles. The van der Waals surface area contributed by atoms with E-state index in [9.17, 15) is 14.4 Å². The van der Waals surface area contributed by atoms with Crippen LogP contribution in [0.1, 0.15) is 23.2 Å². The van der Waals surface area contributed by atoms with Crippen molar-refractivity contribution in [3.8, 4) is 16.2 Å². The molecule has 0 bridgehead atoms. The number of carbonyl (C=O) groups is 2. The number of hydrogen-bond acceptors (Lipinski definition) is 6. The predicted molar refractivity (Wildman–Crippen MR) is 131 cm³/mol. The monoisotopic (exact) mass is 474 g/mol. The third-order valence-corrected chi connectivity index (χ3v) is 6.67. The van der Waals surface area contributed by atoms with Gasteiger partial charge in [0.25, 0.3) is 11.5 Å². The highest BCUT2D eigenvalue weighted by molar-refractivity contribution is 7.22. The van der Waals surface area contributed by atoms with Gasteiger partial charge in [-0.1, -0.05) is 6.07 Å². The summed E-state index contributed by atoms with van der Waals surface area (Å²) in [5.41, 5.74) is 2.25. The fraction of sp³-hybridized carbons (Fsp3) is 0.200. The first kappa shape index (κ1) is 21.8. The lowest BCUT2D eigenvalue weighted by molar-refractivity contribution is -0.116. The van der Waals surface area contributed by atoms with Crippen molar-refractivity contribution in [3.05, 3.63) is 76.8 Å². The van der Waals surface area contributed by atoms with E-state index in [4.69, 9.17) is 4.74 Å². The summed E-state index contributed by atoms with van der Waals surface area (Å²) in [6.45, 7) is -0.184. The highest BCUT2D eigenvalue weighted by atomic mass is 32.1. The maximum atomic E-state index is 13.0. The normalized spacial score (nSPS) is 13.0. The molecule has 0 saturated heterocycles. The van der Waals surface area contributed by atoms with Crippen molar-refractivity contribution in [1.82, 2.24) is 14.9 Å². The third-order valence-electron chi connectivity index (χ3n) is 5.51. The standard InChI is InChI=1S/C25H22N4O4S/c1-33-19-9-5-15(6-10-19)21-12-20-23(34-21)25(32)29(14-26-20)13-22(30)27-18-4-2-3-16(11-18)24(31)28-17-7-8-17/h2-6,9-12,14,17H,7-8,13H2,1H3,(H,27,30)(H,28,31). The van der Waals surface area contributed by atoms with Gasteiger partial charge in [0.05, 0.1) is 19.0 Å². The average Bonchev–Trinajstić information content (AvgIpc) is 3.55. The van der Waals surface area contributed by atoms with E-state index in [1.54, 1.807) is 31.4 Å².